The van der Waals surface area contributed by atoms with E-state index in [9.17, 15) is 8.42 Å². The average Bonchev–Trinajstić information content (AvgIpc) is 2.27. The van der Waals surface area contributed by atoms with Crippen LogP contribution < -0.4 is 5.32 Å². The molecule has 1 fully saturated rings. The third kappa shape index (κ3) is 2.68. The molecule has 7 heteroatoms. The molecule has 6 nitrogen and oxygen atoms in total. The summed E-state index contributed by atoms with van der Waals surface area (Å²) in [6.07, 6.45) is 0. The fourth-order valence-electron chi connectivity index (χ4n) is 2.04. The summed E-state index contributed by atoms with van der Waals surface area (Å²) in [6.45, 7) is 7.08. The summed E-state index contributed by atoms with van der Waals surface area (Å²) in [7, 11) is -3.57. The summed E-state index contributed by atoms with van der Waals surface area (Å²) in [5, 5.41) is 3.12. The summed E-state index contributed by atoms with van der Waals surface area (Å²) in [4.78, 5) is 8.09. The standard InChI is InChI=1S/C11H18N4O2S/c1-8-6-9(2)14-11(13-8)18(16,17)15-5-4-12-10(3)7-15/h6,10,12H,4-5,7H2,1-3H3. The molecular weight excluding hydrogens is 252 g/mol. The second-order valence-corrected chi connectivity index (χ2v) is 6.48. The van der Waals surface area contributed by atoms with Crippen molar-refractivity contribution in [2.75, 3.05) is 19.6 Å². The monoisotopic (exact) mass is 270 g/mol. The minimum absolute atomic E-state index is 0.0888. The first-order valence-electron chi connectivity index (χ1n) is 5.95. The van der Waals surface area contributed by atoms with Crippen LogP contribution in [0.2, 0.25) is 0 Å². The zero-order valence-electron chi connectivity index (χ0n) is 10.8. The van der Waals surface area contributed by atoms with Gasteiger partial charge in [0.25, 0.3) is 15.2 Å². The van der Waals surface area contributed by atoms with Crippen LogP contribution >= 0.6 is 0 Å². The molecular formula is C11H18N4O2S. The van der Waals surface area contributed by atoms with Crippen LogP contribution in [-0.2, 0) is 10.0 Å². The number of nitrogens with one attached hydrogen (secondary N) is 1. The van der Waals surface area contributed by atoms with E-state index in [4.69, 9.17) is 0 Å². The number of rotatable bonds is 2. The number of hydrogen-bond acceptors (Lipinski definition) is 5. The Morgan fingerprint density at radius 2 is 1.94 bits per heavy atom. The summed E-state index contributed by atoms with van der Waals surface area (Å²) in [5.74, 6) is 0. The van der Waals surface area contributed by atoms with Gasteiger partial charge in [-0.2, -0.15) is 4.31 Å². The highest BCUT2D eigenvalue weighted by molar-refractivity contribution is 7.88. The molecule has 1 atom stereocenters. The molecule has 1 aliphatic heterocycles. The van der Waals surface area contributed by atoms with Gasteiger partial charge in [0.2, 0.25) is 0 Å². The zero-order valence-corrected chi connectivity index (χ0v) is 11.7. The van der Waals surface area contributed by atoms with Crippen molar-refractivity contribution in [3.05, 3.63) is 17.5 Å². The summed E-state index contributed by atoms with van der Waals surface area (Å²) >= 11 is 0. The molecule has 2 heterocycles. The maximum absolute atomic E-state index is 12.4. The number of piperazine rings is 1. The van der Waals surface area contributed by atoms with E-state index >= 15 is 0 Å². The Bertz CT molecular complexity index is 524. The number of aromatic nitrogens is 2. The van der Waals surface area contributed by atoms with Gasteiger partial charge in [-0.05, 0) is 26.8 Å². The fraction of sp³-hybridized carbons (Fsp3) is 0.636. The maximum Gasteiger partial charge on any atom is 0.278 e. The van der Waals surface area contributed by atoms with E-state index in [0.717, 1.165) is 0 Å². The quantitative estimate of drug-likeness (QED) is 0.770. The van der Waals surface area contributed by atoms with Gasteiger partial charge in [0.15, 0.2) is 0 Å². The highest BCUT2D eigenvalue weighted by Gasteiger charge is 2.30. The van der Waals surface area contributed by atoms with Crippen molar-refractivity contribution in [1.29, 1.82) is 0 Å². The van der Waals surface area contributed by atoms with Crippen molar-refractivity contribution in [3.8, 4) is 0 Å². The predicted molar refractivity (Wildman–Crippen MR) is 67.7 cm³/mol. The van der Waals surface area contributed by atoms with Gasteiger partial charge in [-0.15, -0.1) is 0 Å². The maximum atomic E-state index is 12.4. The SMILES string of the molecule is Cc1cc(C)nc(S(=O)(=O)N2CCNC(C)C2)n1. The van der Waals surface area contributed by atoms with E-state index in [0.29, 0.717) is 31.0 Å². The second kappa shape index (κ2) is 4.91. The van der Waals surface area contributed by atoms with Gasteiger partial charge in [0.1, 0.15) is 0 Å². The molecule has 1 aromatic rings. The molecule has 0 bridgehead atoms. The lowest BCUT2D eigenvalue weighted by Crippen LogP contribution is -2.51. The van der Waals surface area contributed by atoms with Crippen molar-refractivity contribution in [1.82, 2.24) is 19.6 Å². The lowest BCUT2D eigenvalue weighted by atomic mass is 10.3. The molecule has 1 aliphatic rings. The third-order valence-corrected chi connectivity index (χ3v) is 4.52. The lowest BCUT2D eigenvalue weighted by molar-refractivity contribution is 0.308. The fourth-order valence-corrected chi connectivity index (χ4v) is 3.54. The van der Waals surface area contributed by atoms with Crippen LogP contribution in [0.25, 0.3) is 0 Å². The van der Waals surface area contributed by atoms with Crippen LogP contribution in [-0.4, -0.2) is 48.4 Å². The Morgan fingerprint density at radius 3 is 2.50 bits per heavy atom. The summed E-state index contributed by atoms with van der Waals surface area (Å²) in [5.41, 5.74) is 1.34. The molecule has 0 amide bonds. The van der Waals surface area contributed by atoms with Crippen LogP contribution in [0.5, 0.6) is 0 Å². The van der Waals surface area contributed by atoms with Crippen LogP contribution in [0, 0.1) is 13.8 Å². The van der Waals surface area contributed by atoms with E-state index < -0.39 is 10.0 Å². The van der Waals surface area contributed by atoms with Gasteiger partial charge in [-0.3, -0.25) is 0 Å². The van der Waals surface area contributed by atoms with Gasteiger partial charge in [-0.25, -0.2) is 18.4 Å². The van der Waals surface area contributed by atoms with Gasteiger partial charge in [0.05, 0.1) is 0 Å². The van der Waals surface area contributed by atoms with Crippen molar-refractivity contribution in [2.45, 2.75) is 32.0 Å². The van der Waals surface area contributed by atoms with E-state index in [1.165, 1.54) is 4.31 Å². The topological polar surface area (TPSA) is 75.2 Å². The minimum atomic E-state index is -3.57. The van der Waals surface area contributed by atoms with Gasteiger partial charge < -0.3 is 5.32 Å². The Kier molecular flexibility index (Phi) is 3.65. The van der Waals surface area contributed by atoms with E-state index in [2.05, 4.69) is 15.3 Å². The van der Waals surface area contributed by atoms with Crippen LogP contribution in [0.4, 0.5) is 0 Å². The van der Waals surface area contributed by atoms with Crippen molar-refractivity contribution >= 4 is 10.0 Å². The molecule has 1 aromatic heterocycles. The first-order chi connectivity index (χ1) is 8.39. The second-order valence-electron chi connectivity index (χ2n) is 4.65. The minimum Gasteiger partial charge on any atom is -0.312 e. The molecule has 1 saturated heterocycles. The number of nitrogens with zero attached hydrogens (tertiary/aromatic N) is 3. The molecule has 0 spiro atoms. The zero-order chi connectivity index (χ0) is 13.3. The van der Waals surface area contributed by atoms with Crippen molar-refractivity contribution < 1.29 is 8.42 Å². The first-order valence-corrected chi connectivity index (χ1v) is 7.39. The molecule has 0 radical (unpaired) electrons. The van der Waals surface area contributed by atoms with E-state index in [1.807, 2.05) is 6.92 Å². The normalized spacial score (nSPS) is 22.1. The van der Waals surface area contributed by atoms with Crippen LogP contribution in [0.15, 0.2) is 11.2 Å². The highest BCUT2D eigenvalue weighted by atomic mass is 32.2. The third-order valence-electron chi connectivity index (χ3n) is 2.86. The highest BCUT2D eigenvalue weighted by Crippen LogP contribution is 2.14. The number of hydrogen-bond donors (Lipinski definition) is 1. The molecule has 1 N–H and O–H groups in total. The lowest BCUT2D eigenvalue weighted by Gasteiger charge is -2.30. The molecule has 0 aliphatic carbocycles. The summed E-state index contributed by atoms with van der Waals surface area (Å²) < 4.78 is 26.3. The average molecular weight is 270 g/mol. The first kappa shape index (κ1) is 13.4. The predicted octanol–water partition coefficient (Wildman–Crippen LogP) is 0.0758. The smallest absolute Gasteiger partial charge is 0.278 e. The Morgan fingerprint density at radius 1 is 1.33 bits per heavy atom. The Labute approximate surface area is 107 Å². The largest absolute Gasteiger partial charge is 0.312 e. The number of aryl methyl sites for hydroxylation is 2. The van der Waals surface area contributed by atoms with E-state index in [1.54, 1.807) is 19.9 Å². The molecule has 1 unspecified atom stereocenters. The molecule has 100 valence electrons. The van der Waals surface area contributed by atoms with Crippen LogP contribution in [0.1, 0.15) is 18.3 Å². The van der Waals surface area contributed by atoms with Gasteiger partial charge in [-0.1, -0.05) is 0 Å². The Balaban J connectivity index is 2.35. The van der Waals surface area contributed by atoms with Gasteiger partial charge in [0, 0.05) is 37.1 Å². The van der Waals surface area contributed by atoms with E-state index in [-0.39, 0.29) is 11.2 Å². The number of sulfonamides is 1. The molecule has 2 rings (SSSR count). The van der Waals surface area contributed by atoms with Crippen molar-refractivity contribution in [2.24, 2.45) is 0 Å². The summed E-state index contributed by atoms with van der Waals surface area (Å²) in [6, 6.07) is 1.92. The van der Waals surface area contributed by atoms with Crippen LogP contribution in [0.3, 0.4) is 0 Å². The molecule has 0 aromatic carbocycles. The Hall–Kier alpha value is -1.05. The van der Waals surface area contributed by atoms with Crippen molar-refractivity contribution in [3.63, 3.8) is 0 Å². The van der Waals surface area contributed by atoms with Gasteiger partial charge >= 0.3 is 0 Å². The molecule has 18 heavy (non-hydrogen) atoms. The molecule has 0 saturated carbocycles.